The van der Waals surface area contributed by atoms with Crippen LogP contribution in [-0.2, 0) is 9.59 Å². The second-order valence-electron chi connectivity index (χ2n) is 5.35. The van der Waals surface area contributed by atoms with Crippen LogP contribution in [0.1, 0.15) is 16.7 Å². The van der Waals surface area contributed by atoms with Gasteiger partial charge in [-0.25, -0.2) is 0 Å². The Bertz CT molecular complexity index is 764. The van der Waals surface area contributed by atoms with Crippen LogP contribution in [0.25, 0.3) is 0 Å². The van der Waals surface area contributed by atoms with Crippen molar-refractivity contribution in [2.75, 3.05) is 10.6 Å². The van der Waals surface area contributed by atoms with Gasteiger partial charge in [-0.3, -0.25) is 9.59 Å². The molecular formula is C17H17ClN2O3. The first-order valence-corrected chi connectivity index (χ1v) is 7.34. The first-order valence-electron chi connectivity index (χ1n) is 6.96. The summed E-state index contributed by atoms with van der Waals surface area (Å²) in [6, 6.07) is 8.03. The highest BCUT2D eigenvalue weighted by Gasteiger charge is 2.17. The van der Waals surface area contributed by atoms with E-state index in [0.717, 1.165) is 11.1 Å². The summed E-state index contributed by atoms with van der Waals surface area (Å²) in [5, 5.41) is 14.8. The fraction of sp³-hybridized carbons (Fsp3) is 0.176. The molecule has 0 saturated carbocycles. The Morgan fingerprint density at radius 1 is 0.957 bits per heavy atom. The molecule has 0 aliphatic carbocycles. The largest absolute Gasteiger partial charge is 0.508 e. The molecule has 0 saturated heterocycles. The van der Waals surface area contributed by atoms with Gasteiger partial charge in [-0.1, -0.05) is 17.7 Å². The predicted octanol–water partition coefficient (Wildman–Crippen LogP) is 3.55. The Balaban J connectivity index is 2.13. The van der Waals surface area contributed by atoms with Gasteiger partial charge < -0.3 is 15.7 Å². The van der Waals surface area contributed by atoms with Crippen LogP contribution >= 0.6 is 11.6 Å². The van der Waals surface area contributed by atoms with Crippen molar-refractivity contribution in [3.8, 4) is 5.75 Å². The van der Waals surface area contributed by atoms with E-state index in [1.54, 1.807) is 19.9 Å². The summed E-state index contributed by atoms with van der Waals surface area (Å²) >= 11 is 6.11. The maximum Gasteiger partial charge on any atom is 0.314 e. The molecule has 0 fully saturated rings. The number of carbonyl (C=O) groups is 2. The van der Waals surface area contributed by atoms with Crippen molar-refractivity contribution in [3.63, 3.8) is 0 Å². The van der Waals surface area contributed by atoms with Crippen molar-refractivity contribution in [2.24, 2.45) is 0 Å². The lowest BCUT2D eigenvalue weighted by Crippen LogP contribution is -2.29. The molecule has 0 aliphatic rings. The topological polar surface area (TPSA) is 78.4 Å². The van der Waals surface area contributed by atoms with Gasteiger partial charge in [0, 0.05) is 5.69 Å². The van der Waals surface area contributed by atoms with Crippen molar-refractivity contribution >= 4 is 34.8 Å². The molecule has 5 nitrogen and oxygen atoms in total. The van der Waals surface area contributed by atoms with Crippen LogP contribution in [0.2, 0.25) is 5.02 Å². The summed E-state index contributed by atoms with van der Waals surface area (Å²) in [4.78, 5) is 24.1. The predicted molar refractivity (Wildman–Crippen MR) is 91.0 cm³/mol. The van der Waals surface area contributed by atoms with E-state index in [2.05, 4.69) is 10.6 Å². The van der Waals surface area contributed by atoms with Gasteiger partial charge in [-0.05, 0) is 61.7 Å². The number of hydrogen-bond acceptors (Lipinski definition) is 3. The lowest BCUT2D eigenvalue weighted by atomic mass is 10.1. The second-order valence-corrected chi connectivity index (χ2v) is 5.75. The van der Waals surface area contributed by atoms with Crippen molar-refractivity contribution in [1.82, 2.24) is 0 Å². The van der Waals surface area contributed by atoms with Crippen LogP contribution in [-0.4, -0.2) is 16.9 Å². The normalized spacial score (nSPS) is 10.3. The minimum Gasteiger partial charge on any atom is -0.508 e. The number of rotatable bonds is 2. The van der Waals surface area contributed by atoms with Crippen LogP contribution in [0.3, 0.4) is 0 Å². The molecule has 0 unspecified atom stereocenters. The maximum absolute atomic E-state index is 12.1. The van der Waals surface area contributed by atoms with Crippen LogP contribution in [0, 0.1) is 20.8 Å². The fourth-order valence-electron chi connectivity index (χ4n) is 2.21. The molecule has 2 amide bonds. The summed E-state index contributed by atoms with van der Waals surface area (Å²) in [7, 11) is 0. The third-order valence-electron chi connectivity index (χ3n) is 3.33. The number of carbonyl (C=O) groups excluding carboxylic acids is 2. The summed E-state index contributed by atoms with van der Waals surface area (Å²) in [6.45, 7) is 5.41. The Morgan fingerprint density at radius 2 is 1.61 bits per heavy atom. The summed E-state index contributed by atoms with van der Waals surface area (Å²) in [5.41, 5.74) is 3.26. The van der Waals surface area contributed by atoms with Gasteiger partial charge in [0.25, 0.3) is 0 Å². The third kappa shape index (κ3) is 4.02. The Hall–Kier alpha value is -2.53. The minimum atomic E-state index is -0.814. The van der Waals surface area contributed by atoms with E-state index in [-0.39, 0.29) is 5.75 Å². The molecule has 2 aromatic carbocycles. The SMILES string of the molecule is Cc1cc(C)c(NC(=O)C(=O)Nc2ccc(O)cc2C)c(Cl)c1. The van der Waals surface area contributed by atoms with Gasteiger partial charge in [0.05, 0.1) is 10.7 Å². The average Bonchev–Trinajstić information content (AvgIpc) is 2.45. The van der Waals surface area contributed by atoms with Gasteiger partial charge in [-0.15, -0.1) is 0 Å². The Labute approximate surface area is 139 Å². The van der Waals surface area contributed by atoms with E-state index in [9.17, 15) is 14.7 Å². The number of phenols is 1. The number of halogens is 1. The summed E-state index contributed by atoms with van der Waals surface area (Å²) < 4.78 is 0. The van der Waals surface area contributed by atoms with Gasteiger partial charge in [-0.2, -0.15) is 0 Å². The first-order chi connectivity index (χ1) is 10.8. The number of phenolic OH excluding ortho intramolecular Hbond substituents is 1. The van der Waals surface area contributed by atoms with Gasteiger partial charge in [0.15, 0.2) is 0 Å². The zero-order valence-electron chi connectivity index (χ0n) is 13.0. The molecule has 2 aromatic rings. The van der Waals surface area contributed by atoms with Crippen LogP contribution in [0.4, 0.5) is 11.4 Å². The molecule has 0 heterocycles. The quantitative estimate of drug-likeness (QED) is 0.581. The standard InChI is InChI=1S/C17H17ClN2O3/c1-9-6-11(3)15(13(18)7-9)20-17(23)16(22)19-14-5-4-12(21)8-10(14)2/h4-8,21H,1-3H3,(H,19,22)(H,20,23). The van der Waals surface area contributed by atoms with Crippen molar-refractivity contribution in [2.45, 2.75) is 20.8 Å². The molecule has 2 rings (SSSR count). The lowest BCUT2D eigenvalue weighted by molar-refractivity contribution is -0.133. The van der Waals surface area contributed by atoms with E-state index < -0.39 is 11.8 Å². The molecule has 0 radical (unpaired) electrons. The maximum atomic E-state index is 12.1. The van der Waals surface area contributed by atoms with E-state index in [1.165, 1.54) is 18.2 Å². The molecule has 0 bridgehead atoms. The molecular weight excluding hydrogens is 316 g/mol. The highest BCUT2D eigenvalue weighted by atomic mass is 35.5. The number of amides is 2. The first kappa shape index (κ1) is 16.8. The molecule has 0 aromatic heterocycles. The van der Waals surface area contributed by atoms with E-state index in [1.807, 2.05) is 13.0 Å². The molecule has 23 heavy (non-hydrogen) atoms. The smallest absolute Gasteiger partial charge is 0.314 e. The number of nitrogens with one attached hydrogen (secondary N) is 2. The molecule has 0 spiro atoms. The number of aryl methyl sites for hydroxylation is 3. The van der Waals surface area contributed by atoms with E-state index in [0.29, 0.717) is 22.0 Å². The number of hydrogen-bond donors (Lipinski definition) is 3. The average molecular weight is 333 g/mol. The number of anilines is 2. The summed E-state index contributed by atoms with van der Waals surface area (Å²) in [6.07, 6.45) is 0. The zero-order chi connectivity index (χ0) is 17.1. The highest BCUT2D eigenvalue weighted by Crippen LogP contribution is 2.27. The molecule has 120 valence electrons. The second kappa shape index (κ2) is 6.71. The van der Waals surface area contributed by atoms with Crippen LogP contribution in [0.15, 0.2) is 30.3 Å². The van der Waals surface area contributed by atoms with E-state index >= 15 is 0 Å². The minimum absolute atomic E-state index is 0.0898. The number of benzene rings is 2. The van der Waals surface area contributed by atoms with Gasteiger partial charge in [0.2, 0.25) is 0 Å². The Kier molecular flexibility index (Phi) is 4.91. The monoisotopic (exact) mass is 332 g/mol. The van der Waals surface area contributed by atoms with Gasteiger partial charge >= 0.3 is 11.8 Å². The number of aromatic hydroxyl groups is 1. The van der Waals surface area contributed by atoms with Gasteiger partial charge in [0.1, 0.15) is 5.75 Å². The van der Waals surface area contributed by atoms with E-state index in [4.69, 9.17) is 11.6 Å². The van der Waals surface area contributed by atoms with Crippen molar-refractivity contribution < 1.29 is 14.7 Å². The fourth-order valence-corrected chi connectivity index (χ4v) is 2.58. The molecule has 0 aliphatic heterocycles. The molecule has 0 atom stereocenters. The van der Waals surface area contributed by atoms with Crippen molar-refractivity contribution in [3.05, 3.63) is 52.0 Å². The summed E-state index contributed by atoms with van der Waals surface area (Å²) in [5.74, 6) is -1.53. The lowest BCUT2D eigenvalue weighted by Gasteiger charge is -2.12. The van der Waals surface area contributed by atoms with Crippen molar-refractivity contribution in [1.29, 1.82) is 0 Å². The third-order valence-corrected chi connectivity index (χ3v) is 3.63. The van der Waals surface area contributed by atoms with Crippen LogP contribution < -0.4 is 10.6 Å². The molecule has 6 heteroatoms. The zero-order valence-corrected chi connectivity index (χ0v) is 13.8. The highest BCUT2D eigenvalue weighted by molar-refractivity contribution is 6.45. The van der Waals surface area contributed by atoms with Crippen LogP contribution in [0.5, 0.6) is 5.75 Å². The Morgan fingerprint density at radius 3 is 2.22 bits per heavy atom. The molecule has 3 N–H and O–H groups in total.